The molecule has 2 bridgehead atoms. The summed E-state index contributed by atoms with van der Waals surface area (Å²) in [5.74, 6) is -2.46. The van der Waals surface area contributed by atoms with E-state index in [1.165, 1.54) is 6.08 Å². The molecule has 1 spiro atoms. The van der Waals surface area contributed by atoms with Crippen LogP contribution >= 0.6 is 11.8 Å². The van der Waals surface area contributed by atoms with Gasteiger partial charge in [-0.2, -0.15) is 0 Å². The molecule has 5 rings (SSSR count). The Morgan fingerprint density at radius 2 is 1.73 bits per heavy atom. The molecule has 3 fully saturated rings. The summed E-state index contributed by atoms with van der Waals surface area (Å²) in [5.41, 5.74) is 2.49. The number of esters is 1. The summed E-state index contributed by atoms with van der Waals surface area (Å²) in [6, 6.07) is 15.5. The molecule has 2 unspecified atom stereocenters. The highest BCUT2D eigenvalue weighted by atomic mass is 32.2. The maximum Gasteiger partial charge on any atom is 0.311 e. The summed E-state index contributed by atoms with van der Waals surface area (Å²) in [6.45, 7) is 15.5. The monoisotopic (exact) mass is 617 g/mol. The molecule has 0 aliphatic carbocycles. The van der Waals surface area contributed by atoms with Gasteiger partial charge in [-0.15, -0.1) is 18.3 Å². The van der Waals surface area contributed by atoms with E-state index in [1.807, 2.05) is 61.5 Å². The van der Waals surface area contributed by atoms with Crippen molar-refractivity contribution in [2.45, 2.75) is 55.2 Å². The van der Waals surface area contributed by atoms with Crippen LogP contribution in [0.15, 0.2) is 79.9 Å². The standard InChI is InChI=1S/C35H43N3O5S/c1-6-21-37(26-17-15-25(16-18-26)36(8-3)9-4)32(41)30-35-20-19-34(5,44-35)29(33(42)43-22-7-2)28(35)31(40)38(30)27(23-39)24-13-11-10-12-14-24/h6-7,10-18,27-30,39H,1-2,8-9,19-23H2,3-5H3/t27-,28+,29+,30?,34-,35?/m1/s1. The average Bonchev–Trinajstić information content (AvgIpc) is 3.61. The van der Waals surface area contributed by atoms with Crippen LogP contribution in [0.1, 0.15) is 45.2 Å². The van der Waals surface area contributed by atoms with E-state index in [2.05, 4.69) is 31.9 Å². The molecule has 234 valence electrons. The van der Waals surface area contributed by atoms with E-state index < -0.39 is 39.4 Å². The molecule has 2 aromatic rings. The average molecular weight is 618 g/mol. The second-order valence-corrected chi connectivity index (χ2v) is 13.8. The van der Waals surface area contributed by atoms with Crippen molar-refractivity contribution < 1.29 is 24.2 Å². The Labute approximate surface area is 264 Å². The molecule has 9 heteroatoms. The Balaban J connectivity index is 1.62. The first-order valence-corrected chi connectivity index (χ1v) is 16.3. The first kappa shape index (κ1) is 31.9. The lowest BCUT2D eigenvalue weighted by atomic mass is 9.66. The number of thioether (sulfide) groups is 1. The highest BCUT2D eigenvalue weighted by molar-refractivity contribution is 8.02. The fraction of sp³-hybridized carbons (Fsp3) is 0.457. The second kappa shape index (κ2) is 12.8. The summed E-state index contributed by atoms with van der Waals surface area (Å²) in [4.78, 5) is 48.7. The molecule has 3 heterocycles. The molecule has 6 atom stereocenters. The van der Waals surface area contributed by atoms with Crippen LogP contribution in [0.3, 0.4) is 0 Å². The number of fused-ring (bicyclic) bond motifs is 1. The summed E-state index contributed by atoms with van der Waals surface area (Å²) < 4.78 is 4.14. The summed E-state index contributed by atoms with van der Waals surface area (Å²) in [6.07, 6.45) is 4.46. The number of aliphatic hydroxyl groups is 1. The van der Waals surface area contributed by atoms with Crippen molar-refractivity contribution in [3.63, 3.8) is 0 Å². The molecule has 3 aliphatic rings. The van der Waals surface area contributed by atoms with Crippen molar-refractivity contribution in [3.8, 4) is 0 Å². The van der Waals surface area contributed by atoms with Crippen LogP contribution in [0.4, 0.5) is 11.4 Å². The lowest BCUT2D eigenvalue weighted by Gasteiger charge is -2.39. The van der Waals surface area contributed by atoms with E-state index >= 15 is 4.79 Å². The molecule has 0 radical (unpaired) electrons. The molecule has 0 aromatic heterocycles. The van der Waals surface area contributed by atoms with Crippen molar-refractivity contribution in [2.75, 3.05) is 42.6 Å². The molecular weight excluding hydrogens is 574 g/mol. The maximum absolute atomic E-state index is 15.0. The van der Waals surface area contributed by atoms with Crippen LogP contribution in [0.5, 0.6) is 0 Å². The van der Waals surface area contributed by atoms with Gasteiger partial charge in [0.05, 0.1) is 29.2 Å². The number of ether oxygens (including phenoxy) is 1. The van der Waals surface area contributed by atoms with Crippen LogP contribution in [0.25, 0.3) is 0 Å². The number of likely N-dealkylation sites (tertiary alicyclic amines) is 1. The Morgan fingerprint density at radius 1 is 1.07 bits per heavy atom. The topological polar surface area (TPSA) is 90.4 Å². The van der Waals surface area contributed by atoms with Gasteiger partial charge in [0.25, 0.3) is 5.91 Å². The number of carbonyl (C=O) groups excluding carboxylic acids is 3. The van der Waals surface area contributed by atoms with Gasteiger partial charge in [0, 0.05) is 35.8 Å². The lowest BCUT2D eigenvalue weighted by molar-refractivity contribution is -0.155. The number of anilines is 2. The molecule has 44 heavy (non-hydrogen) atoms. The molecule has 2 aromatic carbocycles. The Kier molecular flexibility index (Phi) is 9.28. The van der Waals surface area contributed by atoms with Crippen molar-refractivity contribution in [1.82, 2.24) is 4.90 Å². The largest absolute Gasteiger partial charge is 0.461 e. The van der Waals surface area contributed by atoms with Gasteiger partial charge in [-0.3, -0.25) is 14.4 Å². The molecule has 2 amide bonds. The first-order chi connectivity index (χ1) is 21.2. The number of aliphatic hydroxyl groups excluding tert-OH is 1. The minimum absolute atomic E-state index is 0.0515. The fourth-order valence-corrected chi connectivity index (χ4v) is 9.95. The van der Waals surface area contributed by atoms with Crippen molar-refractivity contribution in [1.29, 1.82) is 0 Å². The molecule has 8 nitrogen and oxygen atoms in total. The predicted molar refractivity (Wildman–Crippen MR) is 176 cm³/mol. The van der Waals surface area contributed by atoms with Gasteiger partial charge in [0.2, 0.25) is 5.91 Å². The van der Waals surface area contributed by atoms with Crippen molar-refractivity contribution >= 4 is 40.9 Å². The number of hydrogen-bond acceptors (Lipinski definition) is 7. The van der Waals surface area contributed by atoms with Gasteiger partial charge in [-0.05, 0) is 63.4 Å². The molecule has 1 N–H and O–H groups in total. The van der Waals surface area contributed by atoms with E-state index in [4.69, 9.17) is 4.74 Å². The first-order valence-electron chi connectivity index (χ1n) is 15.4. The number of hydrogen-bond donors (Lipinski definition) is 1. The van der Waals surface area contributed by atoms with Crippen LogP contribution in [0.2, 0.25) is 0 Å². The summed E-state index contributed by atoms with van der Waals surface area (Å²) in [7, 11) is 0. The summed E-state index contributed by atoms with van der Waals surface area (Å²) >= 11 is 1.58. The zero-order valence-corrected chi connectivity index (χ0v) is 26.7. The molecular formula is C35H43N3O5S. The van der Waals surface area contributed by atoms with Gasteiger partial charge in [0.15, 0.2) is 0 Å². The number of nitrogens with zero attached hydrogens (tertiary/aromatic N) is 3. The van der Waals surface area contributed by atoms with Gasteiger partial charge < -0.3 is 24.5 Å². The third kappa shape index (κ3) is 5.13. The SMILES string of the molecule is C=CCOC(=O)[C@@H]1[C@H]2C(=O)N([C@H](CO)c3ccccc3)C(C(=O)N(CC=C)c3ccc(N(CC)CC)cc3)C23CC[C@@]1(C)S3. The fourth-order valence-electron chi connectivity index (χ4n) is 7.63. The Hall–Kier alpha value is -3.56. The molecule has 0 saturated carbocycles. The van der Waals surface area contributed by atoms with Gasteiger partial charge >= 0.3 is 5.97 Å². The van der Waals surface area contributed by atoms with Crippen LogP contribution in [0, 0.1) is 11.8 Å². The van der Waals surface area contributed by atoms with E-state index in [0.29, 0.717) is 18.5 Å². The minimum atomic E-state index is -0.913. The summed E-state index contributed by atoms with van der Waals surface area (Å²) in [5, 5.41) is 10.8. The highest BCUT2D eigenvalue weighted by Gasteiger charge is 2.78. The van der Waals surface area contributed by atoms with Crippen molar-refractivity contribution in [2.24, 2.45) is 11.8 Å². The molecule has 3 saturated heterocycles. The third-order valence-corrected chi connectivity index (χ3v) is 11.6. The predicted octanol–water partition coefficient (Wildman–Crippen LogP) is 5.00. The Morgan fingerprint density at radius 3 is 2.32 bits per heavy atom. The highest BCUT2D eigenvalue weighted by Crippen LogP contribution is 2.72. The van der Waals surface area contributed by atoms with Gasteiger partial charge in [-0.25, -0.2) is 0 Å². The number of amides is 2. The minimum Gasteiger partial charge on any atom is -0.461 e. The zero-order chi connectivity index (χ0) is 31.6. The van der Waals surface area contributed by atoms with Gasteiger partial charge in [-0.1, -0.05) is 49.1 Å². The zero-order valence-electron chi connectivity index (χ0n) is 25.9. The number of benzene rings is 2. The number of carbonyl (C=O) groups is 3. The van der Waals surface area contributed by atoms with Crippen LogP contribution in [-0.4, -0.2) is 76.2 Å². The van der Waals surface area contributed by atoms with Crippen LogP contribution < -0.4 is 9.80 Å². The molecule has 3 aliphatic heterocycles. The quantitative estimate of drug-likeness (QED) is 0.250. The van der Waals surface area contributed by atoms with E-state index in [-0.39, 0.29) is 31.6 Å². The Bertz CT molecular complexity index is 1400. The van der Waals surface area contributed by atoms with E-state index in [0.717, 1.165) is 24.3 Å². The maximum atomic E-state index is 15.0. The third-order valence-electron chi connectivity index (χ3n) is 9.61. The number of rotatable bonds is 13. The van der Waals surface area contributed by atoms with Gasteiger partial charge in [0.1, 0.15) is 12.6 Å². The lowest BCUT2D eigenvalue weighted by Crippen LogP contribution is -2.56. The van der Waals surface area contributed by atoms with Crippen molar-refractivity contribution in [3.05, 3.63) is 85.5 Å². The van der Waals surface area contributed by atoms with E-state index in [9.17, 15) is 14.7 Å². The smallest absolute Gasteiger partial charge is 0.311 e. The van der Waals surface area contributed by atoms with E-state index in [1.54, 1.807) is 27.6 Å². The normalized spacial score (nSPS) is 27.5. The van der Waals surface area contributed by atoms with Crippen LogP contribution in [-0.2, 0) is 19.1 Å². The second-order valence-electron chi connectivity index (χ2n) is 11.9.